The summed E-state index contributed by atoms with van der Waals surface area (Å²) in [4.78, 5) is 16.2. The van der Waals surface area contributed by atoms with Gasteiger partial charge in [0.25, 0.3) is 0 Å². The van der Waals surface area contributed by atoms with E-state index in [1.807, 2.05) is 17.8 Å². The van der Waals surface area contributed by atoms with Crippen LogP contribution in [0.15, 0.2) is 30.6 Å². The molecule has 2 aromatic rings. The summed E-state index contributed by atoms with van der Waals surface area (Å²) in [6, 6.07) is 4.36. The number of aromatic nitrogens is 2. The van der Waals surface area contributed by atoms with E-state index in [0.29, 0.717) is 6.42 Å². The molecule has 0 bridgehead atoms. The predicted octanol–water partition coefficient (Wildman–Crippen LogP) is 2.38. The molecule has 0 unspecified atom stereocenters. The first-order valence-electron chi connectivity index (χ1n) is 5.95. The third-order valence-corrected chi connectivity index (χ3v) is 2.97. The fourth-order valence-electron chi connectivity index (χ4n) is 1.93. The maximum atomic E-state index is 13.7. The van der Waals surface area contributed by atoms with E-state index < -0.39 is 5.82 Å². The Balaban J connectivity index is 2.14. The van der Waals surface area contributed by atoms with Gasteiger partial charge in [-0.25, -0.2) is 9.37 Å². The second-order valence-electron chi connectivity index (χ2n) is 4.19. The summed E-state index contributed by atoms with van der Waals surface area (Å²) in [5, 5.41) is 0. The molecule has 4 nitrogen and oxygen atoms in total. The molecule has 0 atom stereocenters. The fourth-order valence-corrected chi connectivity index (χ4v) is 1.93. The number of nitrogens with zero attached hydrogens (tertiary/aromatic N) is 2. The highest BCUT2D eigenvalue weighted by Gasteiger charge is 2.17. The number of imidazole rings is 1. The molecule has 0 spiro atoms. The Morgan fingerprint density at radius 2 is 2.26 bits per heavy atom. The van der Waals surface area contributed by atoms with Crippen molar-refractivity contribution in [1.82, 2.24) is 9.55 Å². The van der Waals surface area contributed by atoms with Crippen LogP contribution in [-0.2, 0) is 13.5 Å². The largest absolute Gasteiger partial charge is 0.496 e. The smallest absolute Gasteiger partial charge is 0.170 e. The van der Waals surface area contributed by atoms with Gasteiger partial charge in [-0.3, -0.25) is 4.79 Å². The van der Waals surface area contributed by atoms with Crippen LogP contribution >= 0.6 is 0 Å². The average molecular weight is 262 g/mol. The van der Waals surface area contributed by atoms with E-state index in [4.69, 9.17) is 4.74 Å². The lowest BCUT2D eigenvalue weighted by atomic mass is 10.0. The fraction of sp³-hybridized carbons (Fsp3) is 0.286. The standard InChI is InChI=1S/C14H15FN2O2/c1-17-9-8-16-13(17)7-6-11(18)14-10(15)4-3-5-12(14)19-2/h3-5,8-9H,6-7H2,1-2H3. The van der Waals surface area contributed by atoms with Gasteiger partial charge in [0, 0.05) is 32.3 Å². The monoisotopic (exact) mass is 262 g/mol. The molecule has 19 heavy (non-hydrogen) atoms. The Hall–Kier alpha value is -2.17. The summed E-state index contributed by atoms with van der Waals surface area (Å²) in [6.45, 7) is 0. The minimum absolute atomic E-state index is 0.0132. The van der Waals surface area contributed by atoms with Gasteiger partial charge in [-0.2, -0.15) is 0 Å². The number of hydrogen-bond donors (Lipinski definition) is 0. The lowest BCUT2D eigenvalue weighted by molar-refractivity contribution is 0.0975. The first-order chi connectivity index (χ1) is 9.13. The quantitative estimate of drug-likeness (QED) is 0.777. The third-order valence-electron chi connectivity index (χ3n) is 2.97. The van der Waals surface area contributed by atoms with Crippen LogP contribution in [0.2, 0.25) is 0 Å². The van der Waals surface area contributed by atoms with Gasteiger partial charge < -0.3 is 9.30 Å². The molecule has 0 fully saturated rings. The van der Waals surface area contributed by atoms with E-state index in [9.17, 15) is 9.18 Å². The van der Waals surface area contributed by atoms with Gasteiger partial charge >= 0.3 is 0 Å². The van der Waals surface area contributed by atoms with Gasteiger partial charge in [0.2, 0.25) is 0 Å². The zero-order chi connectivity index (χ0) is 13.8. The summed E-state index contributed by atoms with van der Waals surface area (Å²) in [5.74, 6) is 0.232. The van der Waals surface area contributed by atoms with Crippen molar-refractivity contribution < 1.29 is 13.9 Å². The van der Waals surface area contributed by atoms with Gasteiger partial charge in [-0.05, 0) is 12.1 Å². The molecule has 0 saturated heterocycles. The highest BCUT2D eigenvalue weighted by Crippen LogP contribution is 2.23. The first-order valence-corrected chi connectivity index (χ1v) is 5.95. The molecule has 2 rings (SSSR count). The number of halogens is 1. The Morgan fingerprint density at radius 1 is 1.47 bits per heavy atom. The van der Waals surface area contributed by atoms with Crippen LogP contribution in [0.25, 0.3) is 0 Å². The van der Waals surface area contributed by atoms with Gasteiger partial charge in [0.05, 0.1) is 12.7 Å². The lowest BCUT2D eigenvalue weighted by Gasteiger charge is -2.08. The average Bonchev–Trinajstić information content (AvgIpc) is 2.81. The predicted molar refractivity (Wildman–Crippen MR) is 68.8 cm³/mol. The molecular formula is C14H15FN2O2. The van der Waals surface area contributed by atoms with E-state index in [1.54, 1.807) is 12.3 Å². The van der Waals surface area contributed by atoms with Crippen molar-refractivity contribution in [1.29, 1.82) is 0 Å². The molecule has 0 radical (unpaired) electrons. The molecule has 0 amide bonds. The number of rotatable bonds is 5. The number of hydrogen-bond acceptors (Lipinski definition) is 3. The van der Waals surface area contributed by atoms with Crippen molar-refractivity contribution in [2.75, 3.05) is 7.11 Å². The molecule has 100 valence electrons. The second-order valence-corrected chi connectivity index (χ2v) is 4.19. The molecule has 0 N–H and O–H groups in total. The molecule has 0 saturated carbocycles. The molecular weight excluding hydrogens is 247 g/mol. The summed E-state index contributed by atoms with van der Waals surface area (Å²) in [6.07, 6.45) is 4.15. The van der Waals surface area contributed by atoms with Crippen molar-refractivity contribution in [2.45, 2.75) is 12.8 Å². The first kappa shape index (κ1) is 13.3. The molecule has 1 aromatic heterocycles. The zero-order valence-corrected chi connectivity index (χ0v) is 10.9. The van der Waals surface area contributed by atoms with Crippen LogP contribution in [0.5, 0.6) is 5.75 Å². The Morgan fingerprint density at radius 3 is 2.89 bits per heavy atom. The third kappa shape index (κ3) is 2.81. The normalized spacial score (nSPS) is 10.5. The number of benzene rings is 1. The van der Waals surface area contributed by atoms with Crippen LogP contribution in [0, 0.1) is 5.82 Å². The summed E-state index contributed by atoms with van der Waals surface area (Å²) in [5.41, 5.74) is 0.0132. The Kier molecular flexibility index (Phi) is 3.94. The van der Waals surface area contributed by atoms with Crippen LogP contribution < -0.4 is 4.74 Å². The van der Waals surface area contributed by atoms with Crippen LogP contribution in [0.1, 0.15) is 22.6 Å². The number of ketones is 1. The molecule has 5 heteroatoms. The lowest BCUT2D eigenvalue weighted by Crippen LogP contribution is -2.08. The van der Waals surface area contributed by atoms with E-state index in [-0.39, 0.29) is 23.5 Å². The van der Waals surface area contributed by atoms with Crippen LogP contribution in [0.3, 0.4) is 0 Å². The van der Waals surface area contributed by atoms with Crippen molar-refractivity contribution in [2.24, 2.45) is 7.05 Å². The molecule has 1 heterocycles. The van der Waals surface area contributed by atoms with Gasteiger partial charge in [0.15, 0.2) is 5.78 Å². The van der Waals surface area contributed by atoms with E-state index in [2.05, 4.69) is 4.98 Å². The van der Waals surface area contributed by atoms with Gasteiger partial charge in [-0.1, -0.05) is 6.07 Å². The maximum absolute atomic E-state index is 13.7. The topological polar surface area (TPSA) is 44.1 Å². The van der Waals surface area contributed by atoms with Crippen molar-refractivity contribution >= 4 is 5.78 Å². The second kappa shape index (κ2) is 5.65. The Bertz CT molecular complexity index is 593. The minimum atomic E-state index is -0.552. The molecule has 1 aromatic carbocycles. The number of aryl methyl sites for hydroxylation is 2. The summed E-state index contributed by atoms with van der Waals surface area (Å²) in [7, 11) is 3.28. The highest BCUT2D eigenvalue weighted by molar-refractivity contribution is 5.99. The maximum Gasteiger partial charge on any atom is 0.170 e. The number of Topliss-reactive ketones (excluding diaryl/α,β-unsaturated/α-hetero) is 1. The van der Waals surface area contributed by atoms with Gasteiger partial charge in [-0.15, -0.1) is 0 Å². The van der Waals surface area contributed by atoms with Crippen molar-refractivity contribution in [3.63, 3.8) is 0 Å². The number of ether oxygens (including phenoxy) is 1. The van der Waals surface area contributed by atoms with E-state index >= 15 is 0 Å². The minimum Gasteiger partial charge on any atom is -0.496 e. The number of carbonyl (C=O) groups is 1. The van der Waals surface area contributed by atoms with Crippen molar-refractivity contribution in [3.8, 4) is 5.75 Å². The highest BCUT2D eigenvalue weighted by atomic mass is 19.1. The van der Waals surface area contributed by atoms with Crippen LogP contribution in [-0.4, -0.2) is 22.4 Å². The SMILES string of the molecule is COc1cccc(F)c1C(=O)CCc1nccn1C. The number of carbonyl (C=O) groups excluding carboxylic acids is 1. The van der Waals surface area contributed by atoms with E-state index in [1.165, 1.54) is 19.2 Å². The molecule has 0 aliphatic carbocycles. The van der Waals surface area contributed by atoms with Gasteiger partial charge in [0.1, 0.15) is 17.4 Å². The molecule has 0 aliphatic heterocycles. The van der Waals surface area contributed by atoms with Crippen LogP contribution in [0.4, 0.5) is 4.39 Å². The number of methoxy groups -OCH3 is 1. The summed E-state index contributed by atoms with van der Waals surface area (Å²) < 4.78 is 20.6. The zero-order valence-electron chi connectivity index (χ0n) is 10.9. The molecule has 0 aliphatic rings. The van der Waals surface area contributed by atoms with Crippen molar-refractivity contribution in [3.05, 3.63) is 47.8 Å². The Labute approximate surface area is 110 Å². The summed E-state index contributed by atoms with van der Waals surface area (Å²) >= 11 is 0. The van der Waals surface area contributed by atoms with E-state index in [0.717, 1.165) is 5.82 Å².